The van der Waals surface area contributed by atoms with Crippen LogP contribution < -0.4 is 0 Å². The van der Waals surface area contributed by atoms with Gasteiger partial charge in [0.1, 0.15) is 0 Å². The molecule has 1 aromatic rings. The lowest BCUT2D eigenvalue weighted by Crippen LogP contribution is -2.16. The van der Waals surface area contributed by atoms with Gasteiger partial charge in [0.05, 0.1) is 6.61 Å². The molecule has 0 fully saturated rings. The van der Waals surface area contributed by atoms with Crippen molar-refractivity contribution < 1.29 is 14.6 Å². The zero-order valence-electron chi connectivity index (χ0n) is 10.2. The van der Waals surface area contributed by atoms with Crippen molar-refractivity contribution in [2.75, 3.05) is 6.61 Å². The Balaban J connectivity index is 3.04. The highest BCUT2D eigenvalue weighted by atomic mass is 16.5. The number of aliphatic hydroxyl groups is 1. The predicted octanol–water partition coefficient (Wildman–Crippen LogP) is 2.21. The van der Waals surface area contributed by atoms with Crippen molar-refractivity contribution in [3.63, 3.8) is 0 Å². The molecule has 0 radical (unpaired) electrons. The van der Waals surface area contributed by atoms with Gasteiger partial charge in [-0.25, -0.2) is 4.79 Å². The Kier molecular flexibility index (Phi) is 4.07. The molecule has 1 N–H and O–H groups in total. The molecule has 0 amide bonds. The Morgan fingerprint density at radius 2 is 1.81 bits per heavy atom. The van der Waals surface area contributed by atoms with Crippen molar-refractivity contribution in [1.29, 1.82) is 0 Å². The maximum atomic E-state index is 11.4. The van der Waals surface area contributed by atoms with Crippen LogP contribution in [0.15, 0.2) is 12.1 Å². The minimum Gasteiger partial charge on any atom is -0.464 e. The number of ether oxygens (including phenoxy) is 1. The molecule has 1 aromatic carbocycles. The first-order valence-electron chi connectivity index (χ1n) is 5.39. The van der Waals surface area contributed by atoms with Crippen LogP contribution in [-0.2, 0) is 9.53 Å². The van der Waals surface area contributed by atoms with E-state index in [1.165, 1.54) is 0 Å². The largest absolute Gasteiger partial charge is 0.464 e. The van der Waals surface area contributed by atoms with E-state index in [1.54, 1.807) is 6.92 Å². The Morgan fingerprint density at radius 3 is 2.38 bits per heavy atom. The smallest absolute Gasteiger partial charge is 0.339 e. The number of hydrogen-bond acceptors (Lipinski definition) is 3. The predicted molar refractivity (Wildman–Crippen MR) is 62.2 cm³/mol. The van der Waals surface area contributed by atoms with Gasteiger partial charge in [0.2, 0.25) is 0 Å². The van der Waals surface area contributed by atoms with Crippen molar-refractivity contribution >= 4 is 5.97 Å². The van der Waals surface area contributed by atoms with Crippen LogP contribution in [0.1, 0.15) is 35.3 Å². The molecule has 3 nitrogen and oxygen atoms in total. The molecule has 1 atom stereocenters. The van der Waals surface area contributed by atoms with Gasteiger partial charge in [0.25, 0.3) is 0 Å². The standard InChI is InChI=1S/C13H18O3/c1-5-16-13(15)12(14)11-7-9(3)8(2)6-10(11)4/h6-7,12,14H,5H2,1-4H3. The van der Waals surface area contributed by atoms with Gasteiger partial charge in [-0.1, -0.05) is 12.1 Å². The van der Waals surface area contributed by atoms with E-state index in [9.17, 15) is 9.90 Å². The fraction of sp³-hybridized carbons (Fsp3) is 0.462. The number of benzene rings is 1. The molecule has 0 heterocycles. The third-order valence-corrected chi connectivity index (χ3v) is 2.69. The summed E-state index contributed by atoms with van der Waals surface area (Å²) in [6.45, 7) is 7.83. The number of hydrogen-bond donors (Lipinski definition) is 1. The van der Waals surface area contributed by atoms with Gasteiger partial charge in [-0.05, 0) is 49.9 Å². The summed E-state index contributed by atoms with van der Waals surface area (Å²) in [7, 11) is 0. The van der Waals surface area contributed by atoms with Gasteiger partial charge < -0.3 is 9.84 Å². The number of carbonyl (C=O) groups is 1. The molecule has 0 aromatic heterocycles. The lowest BCUT2D eigenvalue weighted by atomic mass is 9.97. The quantitative estimate of drug-likeness (QED) is 0.797. The number of aryl methyl sites for hydroxylation is 3. The third kappa shape index (κ3) is 2.61. The second kappa shape index (κ2) is 5.12. The number of rotatable bonds is 3. The molecule has 16 heavy (non-hydrogen) atoms. The minimum atomic E-state index is -1.18. The van der Waals surface area contributed by atoms with Gasteiger partial charge in [0.15, 0.2) is 6.10 Å². The molecule has 88 valence electrons. The highest BCUT2D eigenvalue weighted by Crippen LogP contribution is 2.22. The van der Waals surface area contributed by atoms with Crippen molar-refractivity contribution in [3.8, 4) is 0 Å². The molecule has 0 spiro atoms. The topological polar surface area (TPSA) is 46.5 Å². The molecule has 0 saturated carbocycles. The van der Waals surface area contributed by atoms with E-state index in [1.807, 2.05) is 32.9 Å². The van der Waals surface area contributed by atoms with Crippen LogP contribution in [0.25, 0.3) is 0 Å². The molecule has 1 rings (SSSR count). The highest BCUT2D eigenvalue weighted by molar-refractivity contribution is 5.76. The lowest BCUT2D eigenvalue weighted by Gasteiger charge is -2.14. The first-order chi connectivity index (χ1) is 7.47. The number of carbonyl (C=O) groups excluding carboxylic acids is 1. The van der Waals surface area contributed by atoms with Crippen LogP contribution in [-0.4, -0.2) is 17.7 Å². The van der Waals surface area contributed by atoms with Gasteiger partial charge in [-0.2, -0.15) is 0 Å². The Hall–Kier alpha value is -1.35. The van der Waals surface area contributed by atoms with Crippen molar-refractivity contribution in [3.05, 3.63) is 34.4 Å². The minimum absolute atomic E-state index is 0.278. The fourth-order valence-corrected chi connectivity index (χ4v) is 1.63. The zero-order chi connectivity index (χ0) is 12.3. The Labute approximate surface area is 96.1 Å². The highest BCUT2D eigenvalue weighted by Gasteiger charge is 2.20. The molecule has 3 heteroatoms. The second-order valence-electron chi connectivity index (χ2n) is 3.95. The first kappa shape index (κ1) is 12.7. The lowest BCUT2D eigenvalue weighted by molar-refractivity contribution is -0.153. The summed E-state index contributed by atoms with van der Waals surface area (Å²) in [6, 6.07) is 3.80. The molecule has 0 aliphatic rings. The van der Waals surface area contributed by atoms with E-state index >= 15 is 0 Å². The maximum absolute atomic E-state index is 11.4. The molecule has 1 unspecified atom stereocenters. The van der Waals surface area contributed by atoms with E-state index < -0.39 is 12.1 Å². The van der Waals surface area contributed by atoms with E-state index in [2.05, 4.69) is 0 Å². The van der Waals surface area contributed by atoms with Crippen LogP contribution in [0, 0.1) is 20.8 Å². The molecular weight excluding hydrogens is 204 g/mol. The Bertz CT molecular complexity index is 396. The van der Waals surface area contributed by atoms with Gasteiger partial charge in [-0.15, -0.1) is 0 Å². The van der Waals surface area contributed by atoms with Crippen molar-refractivity contribution in [1.82, 2.24) is 0 Å². The maximum Gasteiger partial charge on any atom is 0.339 e. The van der Waals surface area contributed by atoms with Gasteiger partial charge >= 0.3 is 5.97 Å². The monoisotopic (exact) mass is 222 g/mol. The average molecular weight is 222 g/mol. The molecular formula is C13H18O3. The van der Waals surface area contributed by atoms with E-state index in [4.69, 9.17) is 4.74 Å². The normalized spacial score (nSPS) is 12.3. The van der Waals surface area contributed by atoms with Crippen molar-refractivity contribution in [2.24, 2.45) is 0 Å². The number of aliphatic hydroxyl groups excluding tert-OH is 1. The van der Waals surface area contributed by atoms with E-state index in [-0.39, 0.29) is 6.61 Å². The Morgan fingerprint density at radius 1 is 1.25 bits per heavy atom. The van der Waals surface area contributed by atoms with Crippen LogP contribution >= 0.6 is 0 Å². The summed E-state index contributed by atoms with van der Waals surface area (Å²) < 4.78 is 4.79. The van der Waals surface area contributed by atoms with Crippen LogP contribution in [0.4, 0.5) is 0 Å². The van der Waals surface area contributed by atoms with Crippen LogP contribution in [0.2, 0.25) is 0 Å². The van der Waals surface area contributed by atoms with E-state index in [0.717, 1.165) is 16.7 Å². The second-order valence-corrected chi connectivity index (χ2v) is 3.95. The zero-order valence-corrected chi connectivity index (χ0v) is 10.2. The third-order valence-electron chi connectivity index (χ3n) is 2.69. The summed E-state index contributed by atoms with van der Waals surface area (Å²) in [4.78, 5) is 11.4. The van der Waals surface area contributed by atoms with Crippen LogP contribution in [0.5, 0.6) is 0 Å². The summed E-state index contributed by atoms with van der Waals surface area (Å²) in [5.41, 5.74) is 3.74. The van der Waals surface area contributed by atoms with Gasteiger partial charge in [-0.3, -0.25) is 0 Å². The van der Waals surface area contributed by atoms with Crippen molar-refractivity contribution in [2.45, 2.75) is 33.8 Å². The summed E-state index contributed by atoms with van der Waals surface area (Å²) in [5, 5.41) is 9.84. The molecule has 0 aliphatic carbocycles. The summed E-state index contributed by atoms with van der Waals surface area (Å²) in [6.07, 6.45) is -1.18. The van der Waals surface area contributed by atoms with E-state index in [0.29, 0.717) is 5.56 Å². The number of esters is 1. The van der Waals surface area contributed by atoms with Gasteiger partial charge in [0, 0.05) is 0 Å². The average Bonchev–Trinajstić information content (AvgIpc) is 2.23. The summed E-state index contributed by atoms with van der Waals surface area (Å²) in [5.74, 6) is -0.589. The fourth-order valence-electron chi connectivity index (χ4n) is 1.63. The summed E-state index contributed by atoms with van der Waals surface area (Å²) >= 11 is 0. The molecule has 0 saturated heterocycles. The SMILES string of the molecule is CCOC(=O)C(O)c1cc(C)c(C)cc1C. The molecule has 0 bridgehead atoms. The molecule has 0 aliphatic heterocycles. The van der Waals surface area contributed by atoms with Crippen LogP contribution in [0.3, 0.4) is 0 Å². The first-order valence-corrected chi connectivity index (χ1v) is 5.39.